The molecule has 0 aromatic carbocycles. The van der Waals surface area contributed by atoms with Crippen molar-refractivity contribution < 1.29 is 19.1 Å². The van der Waals surface area contributed by atoms with Gasteiger partial charge in [0.15, 0.2) is 0 Å². The van der Waals surface area contributed by atoms with Crippen molar-refractivity contribution in [3.05, 3.63) is 0 Å². The van der Waals surface area contributed by atoms with E-state index in [1.807, 2.05) is 11.8 Å². The van der Waals surface area contributed by atoms with Gasteiger partial charge >= 0.3 is 11.9 Å². The molecular formula is C8H8N2O4. The van der Waals surface area contributed by atoms with Gasteiger partial charge < -0.3 is 9.47 Å². The van der Waals surface area contributed by atoms with E-state index in [0.29, 0.717) is 0 Å². The predicted molar refractivity (Wildman–Crippen MR) is 45.8 cm³/mol. The number of nitrogens with two attached hydrogens (primary N) is 2. The first-order valence-electron chi connectivity index (χ1n) is 3.46. The Labute approximate surface area is 80.5 Å². The van der Waals surface area contributed by atoms with Crippen molar-refractivity contribution >= 4 is 11.9 Å². The van der Waals surface area contributed by atoms with E-state index in [4.69, 9.17) is 11.5 Å². The average molecular weight is 196 g/mol. The van der Waals surface area contributed by atoms with Crippen LogP contribution in [0.15, 0.2) is 0 Å². The molecule has 0 atom stereocenters. The summed E-state index contributed by atoms with van der Waals surface area (Å²) in [5, 5.41) is 0. The van der Waals surface area contributed by atoms with Gasteiger partial charge in [0, 0.05) is 11.8 Å². The molecule has 0 aromatic rings. The Morgan fingerprint density at radius 2 is 1.29 bits per heavy atom. The van der Waals surface area contributed by atoms with Crippen LogP contribution in [0.1, 0.15) is 0 Å². The van der Waals surface area contributed by atoms with E-state index >= 15 is 0 Å². The van der Waals surface area contributed by atoms with Crippen LogP contribution < -0.4 is 11.5 Å². The van der Waals surface area contributed by atoms with E-state index in [1.165, 1.54) is 0 Å². The summed E-state index contributed by atoms with van der Waals surface area (Å²) in [4.78, 5) is 21.1. The molecule has 14 heavy (non-hydrogen) atoms. The summed E-state index contributed by atoms with van der Waals surface area (Å²) in [5.74, 6) is 6.49. The highest BCUT2D eigenvalue weighted by Gasteiger charge is 1.92. The average Bonchev–Trinajstić information content (AvgIpc) is 2.13. The molecular weight excluding hydrogens is 188 g/mol. The molecule has 0 unspecified atom stereocenters. The fraction of sp³-hybridized carbons (Fsp3) is 0.250. The van der Waals surface area contributed by atoms with Gasteiger partial charge in [-0.15, -0.1) is 0 Å². The maximum Gasteiger partial charge on any atom is 0.386 e. The molecule has 0 heterocycles. The lowest BCUT2D eigenvalue weighted by atomic mass is 10.5. The molecule has 0 fully saturated rings. The Hall–Kier alpha value is -2.02. The molecule has 0 bridgehead atoms. The third kappa shape index (κ3) is 6.68. The normalized spacial score (nSPS) is 7.29. The number of esters is 2. The number of ether oxygens (including phenoxy) is 2. The van der Waals surface area contributed by atoms with Crippen LogP contribution in [0.4, 0.5) is 0 Å². The number of carbonyl (C=O) groups excluding carboxylic acids is 2. The minimum atomic E-state index is -0.811. The molecule has 0 saturated heterocycles. The lowest BCUT2D eigenvalue weighted by Gasteiger charge is -1.90. The van der Waals surface area contributed by atoms with E-state index in [0.717, 1.165) is 0 Å². The number of hydrogen-bond donors (Lipinski definition) is 2. The van der Waals surface area contributed by atoms with Crippen molar-refractivity contribution in [2.75, 3.05) is 13.5 Å². The smallest absolute Gasteiger partial charge is 0.386 e. The first-order valence-corrected chi connectivity index (χ1v) is 3.46. The first-order chi connectivity index (χ1) is 6.70. The van der Waals surface area contributed by atoms with Crippen LogP contribution >= 0.6 is 0 Å². The van der Waals surface area contributed by atoms with Crippen LogP contribution in [0.25, 0.3) is 0 Å². The second-order valence-electron chi connectivity index (χ2n) is 1.70. The van der Waals surface area contributed by atoms with Gasteiger partial charge in [-0.2, -0.15) is 0 Å². The predicted octanol–water partition coefficient (Wildman–Crippen LogP) is -2.09. The molecule has 74 valence electrons. The zero-order valence-corrected chi connectivity index (χ0v) is 7.20. The minimum Gasteiger partial charge on any atom is -0.440 e. The minimum absolute atomic E-state index is 0.254. The molecule has 6 heteroatoms. The Morgan fingerprint density at radius 3 is 1.57 bits per heavy atom. The van der Waals surface area contributed by atoms with Crippen molar-refractivity contribution in [3.63, 3.8) is 0 Å². The highest BCUT2D eigenvalue weighted by atomic mass is 16.5. The second-order valence-corrected chi connectivity index (χ2v) is 1.70. The molecule has 0 radical (unpaired) electrons. The number of carbonyl (C=O) groups is 2. The number of rotatable bonds is 2. The van der Waals surface area contributed by atoms with Gasteiger partial charge in [-0.25, -0.2) is 9.59 Å². The second kappa shape index (κ2) is 7.62. The first kappa shape index (κ1) is 12.0. The quantitative estimate of drug-likeness (QED) is 0.227. The standard InChI is InChI=1S/C8H8N2O4/c9-5-13-7(11)3-1-2-4-8(12)14-6-10/h5-6,9-10H2. The molecule has 6 nitrogen and oxygen atoms in total. The topological polar surface area (TPSA) is 105 Å². The summed E-state index contributed by atoms with van der Waals surface area (Å²) < 4.78 is 8.52. The van der Waals surface area contributed by atoms with Gasteiger partial charge in [0.25, 0.3) is 0 Å². The van der Waals surface area contributed by atoms with Crippen LogP contribution in [0.3, 0.4) is 0 Å². The maximum absolute atomic E-state index is 10.5. The molecule has 0 aliphatic heterocycles. The third-order valence-corrected chi connectivity index (χ3v) is 0.820. The van der Waals surface area contributed by atoms with Crippen molar-refractivity contribution in [1.82, 2.24) is 0 Å². The van der Waals surface area contributed by atoms with Crippen molar-refractivity contribution in [2.24, 2.45) is 11.5 Å². The molecule has 0 spiro atoms. The summed E-state index contributed by atoms with van der Waals surface area (Å²) in [6.07, 6.45) is 0. The van der Waals surface area contributed by atoms with Gasteiger partial charge in [-0.3, -0.25) is 11.5 Å². The zero-order valence-electron chi connectivity index (χ0n) is 7.20. The summed E-state index contributed by atoms with van der Waals surface area (Å²) in [7, 11) is 0. The summed E-state index contributed by atoms with van der Waals surface area (Å²) in [6, 6.07) is 0. The summed E-state index contributed by atoms with van der Waals surface area (Å²) >= 11 is 0. The molecule has 0 rings (SSSR count). The van der Waals surface area contributed by atoms with Gasteiger partial charge in [0.2, 0.25) is 0 Å². The van der Waals surface area contributed by atoms with Gasteiger partial charge in [0.05, 0.1) is 0 Å². The van der Waals surface area contributed by atoms with Crippen LogP contribution in [-0.4, -0.2) is 25.4 Å². The Bertz CT molecular complexity index is 295. The van der Waals surface area contributed by atoms with Crippen molar-refractivity contribution in [2.45, 2.75) is 0 Å². The van der Waals surface area contributed by atoms with Crippen molar-refractivity contribution in [3.8, 4) is 23.7 Å². The lowest BCUT2D eigenvalue weighted by molar-refractivity contribution is -0.137. The lowest BCUT2D eigenvalue weighted by Crippen LogP contribution is -2.10. The summed E-state index contributed by atoms with van der Waals surface area (Å²) in [5.41, 5.74) is 9.77. The monoisotopic (exact) mass is 196 g/mol. The molecule has 4 N–H and O–H groups in total. The van der Waals surface area contributed by atoms with E-state index in [2.05, 4.69) is 21.3 Å². The van der Waals surface area contributed by atoms with Crippen LogP contribution in [0.5, 0.6) is 0 Å². The van der Waals surface area contributed by atoms with E-state index in [-0.39, 0.29) is 13.5 Å². The number of hydrogen-bond acceptors (Lipinski definition) is 6. The Kier molecular flexibility index (Phi) is 6.52. The summed E-state index contributed by atoms with van der Waals surface area (Å²) in [6.45, 7) is -0.508. The molecule has 0 aliphatic rings. The Morgan fingerprint density at radius 1 is 0.929 bits per heavy atom. The SMILES string of the molecule is NCOC(=O)C#CC#CC(=O)OCN. The van der Waals surface area contributed by atoms with Gasteiger partial charge in [-0.05, 0) is 11.8 Å². The highest BCUT2D eigenvalue weighted by Crippen LogP contribution is 1.71. The molecule has 0 amide bonds. The third-order valence-electron chi connectivity index (χ3n) is 0.820. The van der Waals surface area contributed by atoms with Crippen LogP contribution in [-0.2, 0) is 19.1 Å². The molecule has 0 aromatic heterocycles. The van der Waals surface area contributed by atoms with E-state index in [9.17, 15) is 9.59 Å². The largest absolute Gasteiger partial charge is 0.440 e. The molecule has 0 saturated carbocycles. The maximum atomic E-state index is 10.5. The fourth-order valence-corrected chi connectivity index (χ4v) is 0.388. The van der Waals surface area contributed by atoms with Crippen LogP contribution in [0, 0.1) is 23.7 Å². The zero-order chi connectivity index (χ0) is 10.8. The van der Waals surface area contributed by atoms with Crippen molar-refractivity contribution in [1.29, 1.82) is 0 Å². The van der Waals surface area contributed by atoms with E-state index < -0.39 is 11.9 Å². The molecule has 0 aliphatic carbocycles. The van der Waals surface area contributed by atoms with Crippen LogP contribution in [0.2, 0.25) is 0 Å². The highest BCUT2D eigenvalue weighted by molar-refractivity contribution is 5.91. The van der Waals surface area contributed by atoms with Gasteiger partial charge in [0.1, 0.15) is 13.5 Å². The van der Waals surface area contributed by atoms with E-state index in [1.54, 1.807) is 0 Å². The van der Waals surface area contributed by atoms with Gasteiger partial charge in [-0.1, -0.05) is 0 Å². The Balaban J connectivity index is 4.01. The fourth-order valence-electron chi connectivity index (χ4n) is 0.388.